The topological polar surface area (TPSA) is 63.7 Å². The average molecular weight is 413 g/mol. The summed E-state index contributed by atoms with van der Waals surface area (Å²) in [5, 5.41) is 0. The minimum Gasteiger partial charge on any atom is -0.465 e. The van der Waals surface area contributed by atoms with Gasteiger partial charge in [0.05, 0.1) is 12.6 Å². The molecule has 3 aromatic rings. The molecule has 1 saturated heterocycles. The number of ether oxygens (including phenoxy) is 1. The van der Waals surface area contributed by atoms with E-state index in [9.17, 15) is 14.4 Å². The molecular formula is C26H23NO4. The van der Waals surface area contributed by atoms with Crippen LogP contribution in [0.1, 0.15) is 24.1 Å². The number of carbonyl (C=O) groups excluding carboxylic acids is 3. The van der Waals surface area contributed by atoms with Gasteiger partial charge >= 0.3 is 5.97 Å². The van der Waals surface area contributed by atoms with Gasteiger partial charge in [-0.1, -0.05) is 78.9 Å². The van der Waals surface area contributed by atoms with Crippen LogP contribution in [0, 0.1) is 5.41 Å². The number of para-hydroxylation sites is 1. The number of anilines is 1. The summed E-state index contributed by atoms with van der Waals surface area (Å²) in [5.74, 6) is -2.12. The van der Waals surface area contributed by atoms with E-state index in [2.05, 4.69) is 0 Å². The van der Waals surface area contributed by atoms with Crippen LogP contribution in [0.2, 0.25) is 0 Å². The lowest BCUT2D eigenvalue weighted by Crippen LogP contribution is -2.45. The van der Waals surface area contributed by atoms with Gasteiger partial charge in [0, 0.05) is 5.69 Å². The number of carbonyl (C=O) groups is 3. The van der Waals surface area contributed by atoms with Crippen molar-refractivity contribution in [3.63, 3.8) is 0 Å². The Morgan fingerprint density at radius 3 is 2.00 bits per heavy atom. The molecule has 1 amide bonds. The molecule has 5 nitrogen and oxygen atoms in total. The van der Waals surface area contributed by atoms with E-state index in [1.54, 1.807) is 31.2 Å². The number of nitrogens with zero attached hydrogens (tertiary/aromatic N) is 1. The van der Waals surface area contributed by atoms with E-state index in [-0.39, 0.29) is 13.0 Å². The van der Waals surface area contributed by atoms with Gasteiger partial charge in [0.25, 0.3) is 5.91 Å². The fraction of sp³-hybridized carbons (Fsp3) is 0.192. The van der Waals surface area contributed by atoms with Crippen LogP contribution in [-0.2, 0) is 25.5 Å². The van der Waals surface area contributed by atoms with Crippen LogP contribution in [0.15, 0.2) is 91.0 Å². The molecule has 0 saturated carbocycles. The molecule has 156 valence electrons. The first-order valence-corrected chi connectivity index (χ1v) is 10.3. The monoisotopic (exact) mass is 413 g/mol. The van der Waals surface area contributed by atoms with Crippen LogP contribution in [0.4, 0.5) is 5.69 Å². The predicted molar refractivity (Wildman–Crippen MR) is 117 cm³/mol. The highest BCUT2D eigenvalue weighted by Crippen LogP contribution is 2.50. The van der Waals surface area contributed by atoms with Gasteiger partial charge in [-0.25, -0.2) is 0 Å². The number of ketones is 1. The molecule has 0 radical (unpaired) electrons. The Kier molecular flexibility index (Phi) is 5.67. The van der Waals surface area contributed by atoms with E-state index in [0.29, 0.717) is 11.3 Å². The second-order valence-electron chi connectivity index (χ2n) is 7.51. The van der Waals surface area contributed by atoms with Gasteiger partial charge in [-0.15, -0.1) is 0 Å². The van der Waals surface area contributed by atoms with Crippen molar-refractivity contribution in [2.45, 2.75) is 19.4 Å². The van der Waals surface area contributed by atoms with Gasteiger partial charge < -0.3 is 4.74 Å². The summed E-state index contributed by atoms with van der Waals surface area (Å²) in [5.41, 5.74) is 0.363. The summed E-state index contributed by atoms with van der Waals surface area (Å²) in [6, 6.07) is 26.6. The van der Waals surface area contributed by atoms with Crippen molar-refractivity contribution in [3.8, 4) is 0 Å². The van der Waals surface area contributed by atoms with Crippen molar-refractivity contribution in [2.24, 2.45) is 5.41 Å². The van der Waals surface area contributed by atoms with Crippen LogP contribution in [0.3, 0.4) is 0 Å². The smallest absolute Gasteiger partial charge is 0.323 e. The number of hydrogen-bond acceptors (Lipinski definition) is 4. The minimum atomic E-state index is -1.69. The van der Waals surface area contributed by atoms with Crippen LogP contribution in [0.25, 0.3) is 0 Å². The van der Waals surface area contributed by atoms with E-state index in [1.165, 1.54) is 4.90 Å². The Labute approximate surface area is 181 Å². The Morgan fingerprint density at radius 1 is 0.871 bits per heavy atom. The second kappa shape index (κ2) is 8.56. The van der Waals surface area contributed by atoms with E-state index in [4.69, 9.17) is 4.74 Å². The Hall–Kier alpha value is -3.73. The number of esters is 1. The predicted octanol–water partition coefficient (Wildman–Crippen LogP) is 4.14. The maximum atomic E-state index is 13.6. The third-order valence-electron chi connectivity index (χ3n) is 5.66. The summed E-state index contributed by atoms with van der Waals surface area (Å²) in [6.45, 7) is 1.81. The Bertz CT molecular complexity index is 1080. The molecule has 0 bridgehead atoms. The maximum absolute atomic E-state index is 13.6. The summed E-state index contributed by atoms with van der Waals surface area (Å²) in [6.07, 6.45) is 0.0696. The SMILES string of the molecule is CCOC(=O)[C@]1(Cc2ccccc2)C(=O)C(=O)N(c2ccccc2)[C@@H]1c1ccccc1. The fourth-order valence-electron chi connectivity index (χ4n) is 4.32. The summed E-state index contributed by atoms with van der Waals surface area (Å²) in [7, 11) is 0. The van der Waals surface area contributed by atoms with E-state index in [1.807, 2.05) is 66.7 Å². The number of Topliss-reactive ketones (excluding diaryl/α,β-unsaturated/α-hetero) is 1. The molecule has 4 rings (SSSR count). The van der Waals surface area contributed by atoms with Crippen molar-refractivity contribution >= 4 is 23.3 Å². The number of amides is 1. The van der Waals surface area contributed by atoms with Gasteiger partial charge in [0.1, 0.15) is 0 Å². The standard InChI is InChI=1S/C26H23NO4/c1-2-31-25(30)26(18-19-12-6-3-7-13-19)22(20-14-8-4-9-15-20)27(24(29)23(26)28)21-16-10-5-11-17-21/h3-17,22H,2,18H2,1H3/t22-,26+/m1/s1. The van der Waals surface area contributed by atoms with Crippen LogP contribution < -0.4 is 4.90 Å². The zero-order valence-corrected chi connectivity index (χ0v) is 17.2. The van der Waals surface area contributed by atoms with Crippen LogP contribution >= 0.6 is 0 Å². The molecule has 1 aliphatic rings. The first-order chi connectivity index (χ1) is 15.1. The zero-order valence-electron chi connectivity index (χ0n) is 17.2. The van der Waals surface area contributed by atoms with Crippen LogP contribution in [0.5, 0.6) is 0 Å². The van der Waals surface area contributed by atoms with Crippen molar-refractivity contribution in [2.75, 3.05) is 11.5 Å². The van der Waals surface area contributed by atoms with Crippen molar-refractivity contribution in [1.29, 1.82) is 0 Å². The van der Waals surface area contributed by atoms with Gasteiger partial charge in [0.2, 0.25) is 5.78 Å². The quantitative estimate of drug-likeness (QED) is 0.346. The first kappa shape index (κ1) is 20.5. The highest BCUT2D eigenvalue weighted by atomic mass is 16.5. The molecule has 5 heteroatoms. The first-order valence-electron chi connectivity index (χ1n) is 10.3. The number of rotatable bonds is 6. The number of benzene rings is 3. The Morgan fingerprint density at radius 2 is 1.42 bits per heavy atom. The molecule has 31 heavy (non-hydrogen) atoms. The largest absolute Gasteiger partial charge is 0.465 e. The molecule has 0 aromatic heterocycles. The third-order valence-corrected chi connectivity index (χ3v) is 5.66. The average Bonchev–Trinajstić information content (AvgIpc) is 3.04. The minimum absolute atomic E-state index is 0.0696. The van der Waals surface area contributed by atoms with Crippen molar-refractivity contribution < 1.29 is 19.1 Å². The third kappa shape index (κ3) is 3.52. The normalized spacial score (nSPS) is 20.7. The lowest BCUT2D eigenvalue weighted by molar-refractivity contribution is -0.161. The van der Waals surface area contributed by atoms with Gasteiger partial charge in [-0.05, 0) is 36.6 Å². The second-order valence-corrected chi connectivity index (χ2v) is 7.51. The van der Waals surface area contributed by atoms with Gasteiger partial charge in [0.15, 0.2) is 5.41 Å². The molecule has 1 heterocycles. The molecule has 0 spiro atoms. The molecule has 0 N–H and O–H groups in total. The molecular weight excluding hydrogens is 390 g/mol. The molecule has 2 atom stereocenters. The Balaban J connectivity index is 1.96. The zero-order chi connectivity index (χ0) is 21.8. The number of hydrogen-bond donors (Lipinski definition) is 0. The lowest BCUT2D eigenvalue weighted by Gasteiger charge is -2.35. The van der Waals surface area contributed by atoms with Crippen molar-refractivity contribution in [3.05, 3.63) is 102 Å². The highest BCUT2D eigenvalue weighted by Gasteiger charge is 2.65. The maximum Gasteiger partial charge on any atom is 0.323 e. The molecule has 0 unspecified atom stereocenters. The fourth-order valence-corrected chi connectivity index (χ4v) is 4.32. The molecule has 3 aromatic carbocycles. The van der Waals surface area contributed by atoms with Gasteiger partial charge in [-0.2, -0.15) is 0 Å². The molecule has 1 aliphatic heterocycles. The summed E-state index contributed by atoms with van der Waals surface area (Å²) < 4.78 is 5.42. The highest BCUT2D eigenvalue weighted by molar-refractivity contribution is 6.49. The lowest BCUT2D eigenvalue weighted by atomic mass is 9.71. The van der Waals surface area contributed by atoms with Crippen LogP contribution in [-0.4, -0.2) is 24.3 Å². The van der Waals surface area contributed by atoms with Crippen molar-refractivity contribution in [1.82, 2.24) is 0 Å². The molecule has 0 aliphatic carbocycles. The van der Waals surface area contributed by atoms with E-state index in [0.717, 1.165) is 5.56 Å². The van der Waals surface area contributed by atoms with E-state index < -0.39 is 29.1 Å². The van der Waals surface area contributed by atoms with E-state index >= 15 is 0 Å². The molecule has 1 fully saturated rings. The summed E-state index contributed by atoms with van der Waals surface area (Å²) >= 11 is 0. The summed E-state index contributed by atoms with van der Waals surface area (Å²) in [4.78, 5) is 41.9. The van der Waals surface area contributed by atoms with Gasteiger partial charge in [-0.3, -0.25) is 19.3 Å².